The van der Waals surface area contributed by atoms with Crippen molar-refractivity contribution >= 4 is 20.4 Å². The van der Waals surface area contributed by atoms with Crippen molar-refractivity contribution in [1.29, 1.82) is 0 Å². The topological polar surface area (TPSA) is 0 Å². The molecule has 1 heterocycles. The summed E-state index contributed by atoms with van der Waals surface area (Å²) in [6.45, 7) is 2.36. The monoisotopic (exact) mass is 408 g/mol. The maximum atomic E-state index is 13.7. The Labute approximate surface area is 172 Å². The van der Waals surface area contributed by atoms with Gasteiger partial charge in [0, 0.05) is 8.80 Å². The normalized spacial score (nSPS) is 29.0. The van der Waals surface area contributed by atoms with E-state index < -0.39 is 0 Å². The van der Waals surface area contributed by atoms with Gasteiger partial charge in [-0.3, -0.25) is 0 Å². The van der Waals surface area contributed by atoms with E-state index in [1.165, 1.54) is 57.8 Å². The third-order valence-electron chi connectivity index (χ3n) is 7.40. The minimum absolute atomic E-state index is 0.244. The largest absolute Gasteiger partial charge is 0.205 e. The van der Waals surface area contributed by atoms with Crippen LogP contribution in [0.15, 0.2) is 18.2 Å². The Bertz CT molecular complexity index is 559. The molecule has 0 atom stereocenters. The number of hydrogen-bond acceptors (Lipinski definition) is 0. The van der Waals surface area contributed by atoms with Crippen LogP contribution < -0.4 is 0 Å². The van der Waals surface area contributed by atoms with Crippen LogP contribution in [-0.4, -0.2) is 8.80 Å². The second-order valence-corrected chi connectivity index (χ2v) is 13.2. The standard InChI is InChI=1S/C24H38ClFSi/c1-2-15-27-16-13-20(14-17-27)6-4-3-5-19-7-9-21(10-8-19)22-11-12-23(25)24(26)18-22/h11-12,18-21,27H,2-10,13-17H2,1H3/t19-,20-,21-,27-. The summed E-state index contributed by atoms with van der Waals surface area (Å²) in [6.07, 6.45) is 15.4. The minimum Gasteiger partial charge on any atom is -0.205 e. The van der Waals surface area contributed by atoms with Crippen molar-refractivity contribution in [3.8, 4) is 0 Å². The highest BCUT2D eigenvalue weighted by molar-refractivity contribution is 6.58. The highest BCUT2D eigenvalue weighted by Gasteiger charge is 2.24. The summed E-state index contributed by atoms with van der Waals surface area (Å²) in [7, 11) is -0.298. The molecule has 0 spiro atoms. The molecule has 0 aromatic heterocycles. The van der Waals surface area contributed by atoms with Crippen LogP contribution in [0.1, 0.15) is 89.0 Å². The fourth-order valence-electron chi connectivity index (χ4n) is 5.63. The second kappa shape index (κ2) is 11.0. The summed E-state index contributed by atoms with van der Waals surface area (Å²) in [6, 6.07) is 10.3. The summed E-state index contributed by atoms with van der Waals surface area (Å²) >= 11 is 5.82. The van der Waals surface area contributed by atoms with Crippen LogP contribution in [0.5, 0.6) is 0 Å². The zero-order chi connectivity index (χ0) is 19.1. The van der Waals surface area contributed by atoms with E-state index in [0.717, 1.165) is 17.4 Å². The van der Waals surface area contributed by atoms with E-state index in [2.05, 4.69) is 6.92 Å². The van der Waals surface area contributed by atoms with Crippen LogP contribution in [0.4, 0.5) is 4.39 Å². The van der Waals surface area contributed by atoms with Gasteiger partial charge in [-0.1, -0.05) is 87.7 Å². The molecular weight excluding hydrogens is 371 g/mol. The maximum Gasteiger partial charge on any atom is 0.142 e. The first-order valence-electron chi connectivity index (χ1n) is 11.6. The van der Waals surface area contributed by atoms with E-state index >= 15 is 0 Å². The number of benzene rings is 1. The fourth-order valence-corrected chi connectivity index (χ4v) is 9.32. The molecule has 2 aliphatic rings. The molecule has 1 aromatic carbocycles. The third-order valence-corrected chi connectivity index (χ3v) is 11.4. The summed E-state index contributed by atoms with van der Waals surface area (Å²) in [5.41, 5.74) is 1.15. The Morgan fingerprint density at radius 2 is 1.59 bits per heavy atom. The van der Waals surface area contributed by atoms with Gasteiger partial charge in [-0.2, -0.15) is 0 Å². The van der Waals surface area contributed by atoms with Crippen molar-refractivity contribution in [2.45, 2.75) is 102 Å². The van der Waals surface area contributed by atoms with E-state index in [1.807, 2.05) is 6.07 Å². The number of rotatable bonds is 8. The van der Waals surface area contributed by atoms with Gasteiger partial charge < -0.3 is 0 Å². The van der Waals surface area contributed by atoms with Crippen LogP contribution >= 0.6 is 11.6 Å². The molecule has 0 bridgehead atoms. The van der Waals surface area contributed by atoms with E-state index in [0.29, 0.717) is 5.92 Å². The van der Waals surface area contributed by atoms with Crippen molar-refractivity contribution in [3.05, 3.63) is 34.6 Å². The summed E-state index contributed by atoms with van der Waals surface area (Å²) in [4.78, 5) is 0. The first-order valence-corrected chi connectivity index (χ1v) is 14.4. The molecule has 1 saturated carbocycles. The molecule has 1 saturated heterocycles. The molecule has 1 aromatic rings. The van der Waals surface area contributed by atoms with Crippen LogP contribution in [0.25, 0.3) is 0 Å². The number of unbranched alkanes of at least 4 members (excludes halogenated alkanes) is 1. The van der Waals surface area contributed by atoms with Crippen molar-refractivity contribution in [1.82, 2.24) is 0 Å². The molecule has 3 heteroatoms. The molecule has 3 rings (SSSR count). The molecule has 0 amide bonds. The van der Waals surface area contributed by atoms with Crippen LogP contribution in [0.2, 0.25) is 23.2 Å². The number of halogens is 2. The third kappa shape index (κ3) is 6.60. The van der Waals surface area contributed by atoms with Crippen molar-refractivity contribution in [2.75, 3.05) is 0 Å². The zero-order valence-electron chi connectivity index (χ0n) is 17.2. The Balaban J connectivity index is 1.28. The summed E-state index contributed by atoms with van der Waals surface area (Å²) in [5.74, 6) is 2.24. The predicted molar refractivity (Wildman–Crippen MR) is 119 cm³/mol. The Morgan fingerprint density at radius 1 is 0.963 bits per heavy atom. The lowest BCUT2D eigenvalue weighted by atomic mass is 9.77. The van der Waals surface area contributed by atoms with Gasteiger partial charge in [0.25, 0.3) is 0 Å². The minimum atomic E-state index is -0.298. The van der Waals surface area contributed by atoms with Gasteiger partial charge in [-0.15, -0.1) is 0 Å². The maximum absolute atomic E-state index is 13.7. The SMILES string of the molecule is CCC[Si@H]1CC[C@H](CCCC[C@H]2CC[C@H](c3ccc(Cl)c(F)c3)CC2)CC1. The van der Waals surface area contributed by atoms with Crippen LogP contribution in [-0.2, 0) is 0 Å². The van der Waals surface area contributed by atoms with Gasteiger partial charge in [-0.25, -0.2) is 4.39 Å². The molecule has 0 unspecified atom stereocenters. The van der Waals surface area contributed by atoms with E-state index in [9.17, 15) is 4.39 Å². The van der Waals surface area contributed by atoms with Gasteiger partial charge in [0.05, 0.1) is 5.02 Å². The van der Waals surface area contributed by atoms with E-state index in [4.69, 9.17) is 11.6 Å². The predicted octanol–water partition coefficient (Wildman–Crippen LogP) is 8.36. The van der Waals surface area contributed by atoms with Gasteiger partial charge in [-0.05, 0) is 61.1 Å². The highest BCUT2D eigenvalue weighted by Crippen LogP contribution is 2.39. The summed E-state index contributed by atoms with van der Waals surface area (Å²) in [5, 5.41) is 0.244. The molecule has 0 N–H and O–H groups in total. The first kappa shape index (κ1) is 21.4. The van der Waals surface area contributed by atoms with Crippen molar-refractivity contribution in [3.63, 3.8) is 0 Å². The highest BCUT2D eigenvalue weighted by atomic mass is 35.5. The van der Waals surface area contributed by atoms with Gasteiger partial charge in [0.2, 0.25) is 0 Å². The lowest BCUT2D eigenvalue weighted by Gasteiger charge is -2.29. The summed E-state index contributed by atoms with van der Waals surface area (Å²) < 4.78 is 13.7. The lowest BCUT2D eigenvalue weighted by Crippen LogP contribution is -2.21. The lowest BCUT2D eigenvalue weighted by molar-refractivity contribution is 0.297. The van der Waals surface area contributed by atoms with Gasteiger partial charge in [0.15, 0.2) is 0 Å². The molecule has 2 fully saturated rings. The molecule has 152 valence electrons. The first-order chi connectivity index (χ1) is 13.2. The number of hydrogen-bond donors (Lipinski definition) is 0. The van der Waals surface area contributed by atoms with Crippen LogP contribution in [0, 0.1) is 17.7 Å². The second-order valence-electron chi connectivity index (χ2n) is 9.35. The van der Waals surface area contributed by atoms with Crippen molar-refractivity contribution < 1.29 is 4.39 Å². The van der Waals surface area contributed by atoms with Crippen LogP contribution in [0.3, 0.4) is 0 Å². The Hall–Kier alpha value is -0.343. The molecule has 0 nitrogen and oxygen atoms in total. The van der Waals surface area contributed by atoms with Gasteiger partial charge in [0.1, 0.15) is 5.82 Å². The fraction of sp³-hybridized carbons (Fsp3) is 0.750. The molecule has 0 radical (unpaired) electrons. The molecular formula is C24H38ClFSi. The van der Waals surface area contributed by atoms with Crippen molar-refractivity contribution in [2.24, 2.45) is 11.8 Å². The average Bonchev–Trinajstić information content (AvgIpc) is 2.69. The smallest absolute Gasteiger partial charge is 0.142 e. The molecule has 1 aliphatic heterocycles. The molecule has 1 aliphatic carbocycles. The quantitative estimate of drug-likeness (QED) is 0.299. The zero-order valence-corrected chi connectivity index (χ0v) is 19.1. The Kier molecular flexibility index (Phi) is 8.71. The van der Waals surface area contributed by atoms with E-state index in [1.54, 1.807) is 43.1 Å². The Morgan fingerprint density at radius 3 is 2.19 bits per heavy atom. The average molecular weight is 409 g/mol. The van der Waals surface area contributed by atoms with Gasteiger partial charge >= 0.3 is 0 Å². The molecule has 27 heavy (non-hydrogen) atoms. The van der Waals surface area contributed by atoms with E-state index in [-0.39, 0.29) is 19.6 Å².